The molecule has 0 bridgehead atoms. The van der Waals surface area contributed by atoms with Gasteiger partial charge in [0.15, 0.2) is 0 Å². The molecule has 1 fully saturated rings. The Morgan fingerprint density at radius 1 is 1.03 bits per heavy atom. The van der Waals surface area contributed by atoms with Crippen LogP contribution < -0.4 is 5.69 Å². The number of aromatic nitrogens is 2. The second-order valence-corrected chi connectivity index (χ2v) is 8.15. The van der Waals surface area contributed by atoms with Gasteiger partial charge in [-0.05, 0) is 53.1 Å². The maximum absolute atomic E-state index is 12.6. The highest BCUT2D eigenvalue weighted by Gasteiger charge is 2.32. The first-order valence-corrected chi connectivity index (χ1v) is 9.96. The molecule has 1 aromatic heterocycles. The zero-order valence-corrected chi connectivity index (χ0v) is 16.3. The smallest absolute Gasteiger partial charge is 0.331 e. The maximum Gasteiger partial charge on any atom is 0.331 e. The number of fused-ring (bicyclic) bond motifs is 1. The van der Waals surface area contributed by atoms with Gasteiger partial charge in [-0.3, -0.25) is 13.9 Å². The van der Waals surface area contributed by atoms with Crippen molar-refractivity contribution in [2.45, 2.75) is 25.9 Å². The van der Waals surface area contributed by atoms with Crippen LogP contribution in [0.2, 0.25) is 0 Å². The Morgan fingerprint density at radius 3 is 2.41 bits per heavy atom. The number of benzene rings is 2. The van der Waals surface area contributed by atoms with E-state index in [2.05, 4.69) is 6.07 Å². The molecule has 1 saturated carbocycles. The monoisotopic (exact) mass is 389 g/mol. The molecule has 1 N–H and O–H groups in total. The van der Waals surface area contributed by atoms with E-state index < -0.39 is 0 Å². The van der Waals surface area contributed by atoms with Crippen LogP contribution in [0.1, 0.15) is 34.3 Å². The van der Waals surface area contributed by atoms with E-state index in [9.17, 15) is 14.7 Å². The number of carbonyl (C=O) groups excluding carboxylic acids is 1. The van der Waals surface area contributed by atoms with Crippen LogP contribution in [0.25, 0.3) is 11.1 Å². The lowest BCUT2D eigenvalue weighted by Gasteiger charge is -2.14. The molecular formula is C23H23N3O3. The number of hydrogen-bond donors (Lipinski definition) is 1. The van der Waals surface area contributed by atoms with Crippen molar-refractivity contribution < 1.29 is 9.90 Å². The lowest BCUT2D eigenvalue weighted by atomic mass is 9.99. The van der Waals surface area contributed by atoms with E-state index >= 15 is 0 Å². The number of amides is 1. The first kappa shape index (κ1) is 17.8. The Labute approximate surface area is 168 Å². The van der Waals surface area contributed by atoms with Crippen LogP contribution >= 0.6 is 0 Å². The minimum atomic E-state index is -0.245. The zero-order valence-electron chi connectivity index (χ0n) is 16.3. The van der Waals surface area contributed by atoms with Crippen LogP contribution in [0.15, 0.2) is 53.5 Å². The molecule has 1 amide bonds. The SMILES string of the molecule is Cn1c(O)cn(Cc2ccc(-c3ccc4c(c3)CN(CC3CC3)C4=O)cc2)c1=O. The van der Waals surface area contributed by atoms with Crippen molar-refractivity contribution >= 4 is 5.91 Å². The lowest BCUT2D eigenvalue weighted by Crippen LogP contribution is -2.26. The highest BCUT2D eigenvalue weighted by Crippen LogP contribution is 2.34. The second kappa shape index (κ2) is 6.65. The predicted octanol–water partition coefficient (Wildman–Crippen LogP) is 2.97. The second-order valence-electron chi connectivity index (χ2n) is 8.15. The summed E-state index contributed by atoms with van der Waals surface area (Å²) in [4.78, 5) is 26.6. The lowest BCUT2D eigenvalue weighted by molar-refractivity contribution is 0.0771. The quantitative estimate of drug-likeness (QED) is 0.730. The third-order valence-electron chi connectivity index (χ3n) is 5.95. The molecule has 2 heterocycles. The fourth-order valence-electron chi connectivity index (χ4n) is 4.00. The van der Waals surface area contributed by atoms with Gasteiger partial charge in [-0.25, -0.2) is 4.79 Å². The zero-order chi connectivity index (χ0) is 20.1. The molecule has 1 aliphatic heterocycles. The third kappa shape index (κ3) is 3.24. The summed E-state index contributed by atoms with van der Waals surface area (Å²) in [6, 6.07) is 14.1. The average molecular weight is 389 g/mol. The van der Waals surface area contributed by atoms with E-state index in [0.717, 1.165) is 34.4 Å². The van der Waals surface area contributed by atoms with E-state index in [1.165, 1.54) is 28.2 Å². The standard InChI is InChI=1S/C23H23N3O3/c1-24-21(27)14-26(23(24)29)12-16-4-6-17(7-5-16)18-8-9-20-19(10-18)13-25(22(20)28)11-15-2-3-15/h4-10,14-15,27H,2-3,11-13H2,1H3. The molecule has 6 nitrogen and oxygen atoms in total. The van der Waals surface area contributed by atoms with E-state index in [4.69, 9.17) is 0 Å². The van der Waals surface area contributed by atoms with Gasteiger partial charge >= 0.3 is 5.69 Å². The van der Waals surface area contributed by atoms with Crippen molar-refractivity contribution in [1.29, 1.82) is 0 Å². The summed E-state index contributed by atoms with van der Waals surface area (Å²) >= 11 is 0. The van der Waals surface area contributed by atoms with Crippen LogP contribution in [-0.2, 0) is 20.1 Å². The van der Waals surface area contributed by atoms with Crippen molar-refractivity contribution in [3.05, 3.63) is 75.8 Å². The van der Waals surface area contributed by atoms with Gasteiger partial charge in [0, 0.05) is 25.7 Å². The summed E-state index contributed by atoms with van der Waals surface area (Å²) in [7, 11) is 1.54. The van der Waals surface area contributed by atoms with E-state index in [1.54, 1.807) is 7.05 Å². The minimum absolute atomic E-state index is 0.0463. The van der Waals surface area contributed by atoms with Crippen molar-refractivity contribution in [3.8, 4) is 17.0 Å². The maximum atomic E-state index is 12.6. The highest BCUT2D eigenvalue weighted by molar-refractivity contribution is 5.99. The van der Waals surface area contributed by atoms with Gasteiger partial charge in [0.05, 0.1) is 12.7 Å². The van der Waals surface area contributed by atoms with Crippen molar-refractivity contribution in [2.75, 3.05) is 6.54 Å². The molecule has 0 saturated heterocycles. The largest absolute Gasteiger partial charge is 0.493 e. The Morgan fingerprint density at radius 2 is 1.76 bits per heavy atom. The molecule has 6 heteroatoms. The molecule has 0 radical (unpaired) electrons. The normalized spacial score (nSPS) is 15.8. The minimum Gasteiger partial charge on any atom is -0.493 e. The van der Waals surface area contributed by atoms with Crippen LogP contribution in [-0.4, -0.2) is 31.6 Å². The van der Waals surface area contributed by atoms with Crippen molar-refractivity contribution in [1.82, 2.24) is 14.0 Å². The van der Waals surface area contributed by atoms with Crippen molar-refractivity contribution in [2.24, 2.45) is 13.0 Å². The molecule has 1 aliphatic carbocycles. The summed E-state index contributed by atoms with van der Waals surface area (Å²) in [5.41, 5.74) is 4.83. The van der Waals surface area contributed by atoms with Gasteiger partial charge < -0.3 is 10.0 Å². The summed E-state index contributed by atoms with van der Waals surface area (Å²) in [5, 5.41) is 9.67. The Hall–Kier alpha value is -3.28. The summed E-state index contributed by atoms with van der Waals surface area (Å²) in [5.74, 6) is 0.805. The van der Waals surface area contributed by atoms with Gasteiger partial charge in [0.2, 0.25) is 5.88 Å². The van der Waals surface area contributed by atoms with Crippen LogP contribution in [0.4, 0.5) is 0 Å². The number of nitrogens with zero attached hydrogens (tertiary/aromatic N) is 3. The van der Waals surface area contributed by atoms with Gasteiger partial charge in [-0.15, -0.1) is 0 Å². The molecular weight excluding hydrogens is 366 g/mol. The van der Waals surface area contributed by atoms with Gasteiger partial charge in [-0.2, -0.15) is 0 Å². The number of carbonyl (C=O) groups is 1. The Balaban J connectivity index is 1.35. The molecule has 0 atom stereocenters. The Bertz CT molecular complexity index is 1150. The van der Waals surface area contributed by atoms with Gasteiger partial charge in [-0.1, -0.05) is 30.3 Å². The summed E-state index contributed by atoms with van der Waals surface area (Å²) in [6.45, 7) is 1.99. The van der Waals surface area contributed by atoms with Crippen molar-refractivity contribution in [3.63, 3.8) is 0 Å². The molecule has 2 aromatic carbocycles. The van der Waals surface area contributed by atoms with Crippen LogP contribution in [0.3, 0.4) is 0 Å². The Kier molecular flexibility index (Phi) is 4.08. The third-order valence-corrected chi connectivity index (χ3v) is 5.95. The topological polar surface area (TPSA) is 67.5 Å². The number of aromatic hydroxyl groups is 1. The molecule has 0 spiro atoms. The van der Waals surface area contributed by atoms with Crippen LogP contribution in [0, 0.1) is 5.92 Å². The molecule has 0 unspecified atom stereocenters. The summed E-state index contributed by atoms with van der Waals surface area (Å²) in [6.07, 6.45) is 3.93. The van der Waals surface area contributed by atoms with Gasteiger partial charge in [0.1, 0.15) is 0 Å². The molecule has 2 aliphatic rings. The predicted molar refractivity (Wildman–Crippen MR) is 110 cm³/mol. The first-order valence-electron chi connectivity index (χ1n) is 9.96. The molecule has 3 aromatic rings. The number of imidazole rings is 1. The number of rotatable bonds is 5. The van der Waals surface area contributed by atoms with E-state index in [0.29, 0.717) is 19.0 Å². The summed E-state index contributed by atoms with van der Waals surface area (Å²) < 4.78 is 2.70. The average Bonchev–Trinajstić information content (AvgIpc) is 3.45. The fraction of sp³-hybridized carbons (Fsp3) is 0.304. The molecule has 29 heavy (non-hydrogen) atoms. The molecule has 5 rings (SSSR count). The van der Waals surface area contributed by atoms with Gasteiger partial charge in [0.25, 0.3) is 5.91 Å². The van der Waals surface area contributed by atoms with E-state index in [1.807, 2.05) is 41.3 Å². The van der Waals surface area contributed by atoms with E-state index in [-0.39, 0.29) is 17.5 Å². The first-order chi connectivity index (χ1) is 14.0. The highest BCUT2D eigenvalue weighted by atomic mass is 16.3. The fourth-order valence-corrected chi connectivity index (χ4v) is 4.00. The van der Waals surface area contributed by atoms with Crippen LogP contribution in [0.5, 0.6) is 5.88 Å². The molecule has 148 valence electrons. The number of hydrogen-bond acceptors (Lipinski definition) is 3.